The second-order valence-corrected chi connectivity index (χ2v) is 96.1. The van der Waals surface area contributed by atoms with Gasteiger partial charge in [-0.05, 0) is 94.4 Å². The van der Waals surface area contributed by atoms with Crippen molar-refractivity contribution in [2.24, 2.45) is 0 Å². The third kappa shape index (κ3) is 60.5. The molecular formula is C33H40ClFI2N8O3S47. The number of likely N-dealkylation sites (N-methyl/N-ethyl adjacent to an activating group) is 2. The van der Waals surface area contributed by atoms with Gasteiger partial charge in [-0.25, -0.2) is 15.0 Å². The summed E-state index contributed by atoms with van der Waals surface area (Å²) in [6, 6.07) is 10.7. The number of hydrogen-bond acceptors (Lipinski definition) is 10. The summed E-state index contributed by atoms with van der Waals surface area (Å²) in [5.41, 5.74) is 0.754. The van der Waals surface area contributed by atoms with Crippen LogP contribution in [-0.4, -0.2) is 114 Å². The minimum Gasteiger partial charge on any atom is -0.346 e. The van der Waals surface area contributed by atoms with Crippen molar-refractivity contribution in [3.63, 3.8) is 0 Å². The molecule has 6 rings (SSSR count). The predicted molar refractivity (Wildman–Crippen MR) is 551 cm³/mol. The molecule has 3 fully saturated rings. The van der Waals surface area contributed by atoms with Gasteiger partial charge in [0.15, 0.2) is 0 Å². The minimum atomic E-state index is -0.426. The number of carbonyl (C=O) groups excluding carboxylic acids is 3. The van der Waals surface area contributed by atoms with Crippen molar-refractivity contribution in [2.75, 3.05) is 76.8 Å². The van der Waals surface area contributed by atoms with E-state index in [0.29, 0.717) is 19.0 Å². The molecule has 0 spiro atoms. The van der Waals surface area contributed by atoms with Gasteiger partial charge in [-0.3, -0.25) is 14.4 Å². The molecular weight excluding hydrogens is 2370 g/mol. The van der Waals surface area contributed by atoms with E-state index in [9.17, 15) is 18.8 Å². The third-order valence-corrected chi connectivity index (χ3v) is 108. The number of carbonyl (C=O) groups is 3. The molecule has 6 heterocycles. The van der Waals surface area contributed by atoms with E-state index in [-0.39, 0.29) is 24.2 Å². The second-order valence-electron chi connectivity index (χ2n) is 14.0. The largest absolute Gasteiger partial charge is 0.346 e. The molecule has 0 radical (unpaired) electrons. The molecule has 540 valence electrons. The molecule has 0 bridgehead atoms. The zero-order chi connectivity index (χ0) is 68.2. The molecule has 3 amide bonds. The summed E-state index contributed by atoms with van der Waals surface area (Å²) in [7, 11) is 85.7. The van der Waals surface area contributed by atoms with Crippen molar-refractivity contribution in [3.8, 4) is 12.3 Å². The van der Waals surface area contributed by atoms with Crippen LogP contribution in [0, 0.1) is 25.4 Å². The van der Waals surface area contributed by atoms with Crippen molar-refractivity contribution >= 4 is 509 Å². The van der Waals surface area contributed by atoms with Crippen molar-refractivity contribution in [3.05, 3.63) is 73.6 Å². The van der Waals surface area contributed by atoms with Crippen LogP contribution in [0.25, 0.3) is 0 Å². The van der Waals surface area contributed by atoms with Crippen LogP contribution in [0.2, 0.25) is 0 Å². The third-order valence-electron chi connectivity index (χ3n) is 8.66. The number of piperidine rings is 1. The van der Waals surface area contributed by atoms with Crippen LogP contribution in [0.5, 0.6) is 0 Å². The Morgan fingerprint density at radius 2 is 0.674 bits per heavy atom. The first-order chi connectivity index (χ1) is 45.9. The van der Waals surface area contributed by atoms with Gasteiger partial charge in [0, 0.05) is 514 Å². The van der Waals surface area contributed by atoms with Crippen molar-refractivity contribution in [2.45, 2.75) is 19.3 Å². The van der Waals surface area contributed by atoms with E-state index in [1.807, 2.05) is 337 Å². The lowest BCUT2D eigenvalue weighted by atomic mass is 10.1. The molecule has 3 aliphatic rings. The van der Waals surface area contributed by atoms with Crippen LogP contribution in [-0.2, 0) is 436 Å². The zero-order valence-corrected chi connectivity index (χ0v) is 89.9. The maximum atomic E-state index is 12.0. The smallest absolute Gasteiger partial charge is 0.241 e. The summed E-state index contributed by atoms with van der Waals surface area (Å²) in [6.45, 7) is 4.95. The van der Waals surface area contributed by atoms with Crippen molar-refractivity contribution < 1.29 is 18.8 Å². The Kier molecular flexibility index (Phi) is 77.7. The molecule has 3 aliphatic heterocycles. The molecule has 0 atom stereocenters. The van der Waals surface area contributed by atoms with Crippen LogP contribution in [0.1, 0.15) is 24.8 Å². The van der Waals surface area contributed by atoms with E-state index in [4.69, 9.17) is 28.8 Å². The van der Waals surface area contributed by atoms with Gasteiger partial charge < -0.3 is 24.5 Å². The van der Waals surface area contributed by atoms with Crippen LogP contribution < -0.4 is 9.80 Å². The monoisotopic (exact) mass is 2410 g/mol. The van der Waals surface area contributed by atoms with Gasteiger partial charge in [0.05, 0.1) is 13.1 Å². The lowest BCUT2D eigenvalue weighted by Gasteiger charge is -2.32. The number of halogens is 4. The van der Waals surface area contributed by atoms with Gasteiger partial charge in [-0.15, -0.1) is 18.8 Å². The molecule has 0 saturated carbocycles. The molecule has 3 saturated heterocycles. The highest BCUT2D eigenvalue weighted by Gasteiger charge is 2.22. The van der Waals surface area contributed by atoms with Gasteiger partial charge in [0.1, 0.15) is 11.6 Å². The molecule has 3 aromatic rings. The van der Waals surface area contributed by atoms with E-state index in [0.717, 1.165) is 69.9 Å². The molecule has 0 aromatic carbocycles. The summed E-state index contributed by atoms with van der Waals surface area (Å²) in [5.74, 6) is 4.36. The number of hydrogen-bond donors (Lipinski definition) is 0. The van der Waals surface area contributed by atoms with E-state index >= 15 is 0 Å². The van der Waals surface area contributed by atoms with E-state index < -0.39 is 5.95 Å². The number of nitrogens with zero attached hydrogens (tertiary/aromatic N) is 8. The lowest BCUT2D eigenvalue weighted by Crippen LogP contribution is -2.48. The summed E-state index contributed by atoms with van der Waals surface area (Å²) in [6.07, 6.45) is 13.2. The Balaban J connectivity index is 0.000000740. The van der Waals surface area contributed by atoms with Crippen LogP contribution in [0.3, 0.4) is 0 Å². The van der Waals surface area contributed by atoms with Crippen LogP contribution >= 0.6 is 57.6 Å². The lowest BCUT2D eigenvalue weighted by molar-refractivity contribution is -0.132. The Morgan fingerprint density at radius 3 is 0.884 bits per heavy atom. The molecule has 3 aromatic heterocycles. The predicted octanol–water partition coefficient (Wildman–Crippen LogP) is 4.07. The number of aromatic nitrogens is 3. The van der Waals surface area contributed by atoms with Gasteiger partial charge in [-0.1, -0.05) is 5.92 Å². The molecule has 0 N–H and O–H groups in total. The highest BCUT2D eigenvalue weighted by Crippen LogP contribution is 2.15. The number of amides is 3. The summed E-state index contributed by atoms with van der Waals surface area (Å²) < 4.78 is 14.0. The van der Waals surface area contributed by atoms with Crippen molar-refractivity contribution in [1.29, 1.82) is 0 Å². The Labute approximate surface area is 723 Å². The SMILES string of the molecule is C#Cc1ccc(N2CCN(C)C(=O)C2)nc1.CN1CCCCC1=O.CN1CCN(c2ccc(I)cn2)CC1=O.Cl.Fc1ccc(I)cn1.S=S=S=S=S=S=S=S=S=S=S=S=S=S=S=S=S=S=S=S=S=S=S=S=S=S=S=S=S=S=S=S=S=S=S=S=S=S=S=S=S=S=S=S=S=S=S. The molecule has 11 nitrogen and oxygen atoms in total. The first-order valence-electron chi connectivity index (χ1n) is 22.7. The standard InChI is InChI=1S/C12H13N3O.C10H12IN3O.C6H11NO.C5H3FIN.ClH.S47/c1-3-10-4-5-11(13-8-10)15-7-6-14(2)12(16)9-15;1-13-4-5-14(7-10(13)15)9-3-2-8(11)6-12-9;1-7-5-3-2-4-6(7)8;6-5-2-1-4(7)3-8-5;;1-3-5-7-9-11-13-15-17-19-21-23-25-27-29-31-33-35-37-39-41-43-45-47-46-44-42-40-38-36-34-32-30-28-26-24-22-20-18-16-14-12-10-8-6-4-2/h1,4-5,8H,6-7,9H2,2H3;2-3,6H,4-5,7H2,1H3;2-5H2,1H3;1-3H;1H;. The highest BCUT2D eigenvalue weighted by atomic mass is 127. The van der Waals surface area contributed by atoms with E-state index in [1.165, 1.54) is 36.4 Å². The number of likely N-dealkylation sites (tertiary alicyclic amines) is 1. The van der Waals surface area contributed by atoms with Gasteiger partial charge >= 0.3 is 0 Å². The average Bonchev–Trinajstić information content (AvgIpc) is 0.961. The quantitative estimate of drug-likeness (QED) is 0.212. The maximum Gasteiger partial charge on any atom is 0.241 e. The molecule has 95 heavy (non-hydrogen) atoms. The van der Waals surface area contributed by atoms with Crippen molar-refractivity contribution in [1.82, 2.24) is 29.7 Å². The fourth-order valence-corrected chi connectivity index (χ4v) is 124. The maximum absolute atomic E-state index is 12.0. The first kappa shape index (κ1) is 100. The number of pyridine rings is 3. The summed E-state index contributed by atoms with van der Waals surface area (Å²) in [4.78, 5) is 55.0. The zero-order valence-electron chi connectivity index (χ0n) is 46.4. The number of rotatable bonds is 2. The number of terminal acetylenes is 1. The Hall–Kier alpha value is 7.04. The van der Waals surface area contributed by atoms with Crippen LogP contribution in [0.15, 0.2) is 55.0 Å². The molecule has 62 heteroatoms. The minimum absolute atomic E-state index is 0. The average molecular weight is 2410 g/mol. The fraction of sp³-hybridized carbons (Fsp3) is 0.394. The van der Waals surface area contributed by atoms with E-state index in [2.05, 4.69) is 66.1 Å². The van der Waals surface area contributed by atoms with Gasteiger partial charge in [0.25, 0.3) is 0 Å². The van der Waals surface area contributed by atoms with E-state index in [1.54, 1.807) is 134 Å². The van der Waals surface area contributed by atoms with Gasteiger partial charge in [0.2, 0.25) is 23.7 Å². The Bertz CT molecular complexity index is 5160. The Morgan fingerprint density at radius 1 is 0.389 bits per heavy atom. The number of anilines is 2. The topological polar surface area (TPSA) is 106 Å². The van der Waals surface area contributed by atoms with Gasteiger partial charge in [-0.2, -0.15) is 4.39 Å². The summed E-state index contributed by atoms with van der Waals surface area (Å²) >= 11 is 13.9. The molecule has 0 unspecified atom stereocenters. The normalized spacial score (nSPS) is 11.8. The van der Waals surface area contributed by atoms with Crippen LogP contribution in [0.4, 0.5) is 16.0 Å². The second kappa shape index (κ2) is 73.8. The number of piperazine rings is 2. The highest BCUT2D eigenvalue weighted by molar-refractivity contribution is 14.1. The molecule has 0 aliphatic carbocycles. The first-order valence-corrected chi connectivity index (χ1v) is 86.2. The fourth-order valence-electron chi connectivity index (χ4n) is 4.91. The summed E-state index contributed by atoms with van der Waals surface area (Å²) in [5, 5.41) is 0.